The van der Waals surface area contributed by atoms with Gasteiger partial charge in [-0.05, 0) is 64.7 Å². The van der Waals surface area contributed by atoms with Gasteiger partial charge in [0.2, 0.25) is 0 Å². The largest absolute Gasteiger partial charge is 0.598 e. The van der Waals surface area contributed by atoms with Gasteiger partial charge in [0.15, 0.2) is 12.1 Å². The van der Waals surface area contributed by atoms with Crippen molar-refractivity contribution in [2.45, 2.75) is 63.5 Å². The average Bonchev–Trinajstić information content (AvgIpc) is 3.47. The normalized spacial score (nSPS) is 17.3. The van der Waals surface area contributed by atoms with Crippen molar-refractivity contribution in [1.82, 2.24) is 10.0 Å². The number of alkyl halides is 3. The number of hydrogen-bond acceptors (Lipinski definition) is 6. The van der Waals surface area contributed by atoms with Gasteiger partial charge in [-0.1, -0.05) is 0 Å². The molecule has 3 atom stereocenters. The van der Waals surface area contributed by atoms with E-state index in [1.54, 1.807) is 12.1 Å². The molecule has 0 aliphatic heterocycles. The summed E-state index contributed by atoms with van der Waals surface area (Å²) >= 11 is -2.25. The second-order valence-electron chi connectivity index (χ2n) is 9.25. The van der Waals surface area contributed by atoms with E-state index in [2.05, 4.69) is 0 Å². The molecule has 8 nitrogen and oxygen atoms in total. The Kier molecular flexibility index (Phi) is 7.44. The summed E-state index contributed by atoms with van der Waals surface area (Å²) < 4.78 is 65.6. The van der Waals surface area contributed by atoms with Crippen molar-refractivity contribution in [3.63, 3.8) is 0 Å². The van der Waals surface area contributed by atoms with Crippen LogP contribution in [-0.2, 0) is 16.2 Å². The first-order chi connectivity index (χ1) is 15.7. The van der Waals surface area contributed by atoms with E-state index < -0.39 is 46.2 Å². The lowest BCUT2D eigenvalue weighted by molar-refractivity contribution is -0.169. The first kappa shape index (κ1) is 26.2. The van der Waals surface area contributed by atoms with Crippen LogP contribution in [0.5, 0.6) is 5.75 Å². The highest BCUT2D eigenvalue weighted by Gasteiger charge is 2.52. The highest BCUT2D eigenvalue weighted by atomic mass is 32.2. The zero-order valence-electron chi connectivity index (χ0n) is 19.1. The SMILES string of the molecule is Cc1oc2ccc(OCC3CC3)cc2c1C(=O)N[C@H](C(=O)O)[C@H](N[S+]([O-])C(C)(C)C)C(F)(F)F. The summed E-state index contributed by atoms with van der Waals surface area (Å²) in [6.45, 7) is 6.25. The van der Waals surface area contributed by atoms with Crippen LogP contribution in [0.2, 0.25) is 0 Å². The molecular weight excluding hydrogens is 477 g/mol. The van der Waals surface area contributed by atoms with Gasteiger partial charge in [-0.3, -0.25) is 4.79 Å². The molecule has 1 saturated carbocycles. The lowest BCUT2D eigenvalue weighted by atomic mass is 10.1. The van der Waals surface area contributed by atoms with Crippen LogP contribution in [0.1, 0.15) is 49.7 Å². The number of benzene rings is 1. The number of nitrogens with one attached hydrogen (secondary N) is 2. The minimum absolute atomic E-state index is 0.101. The fraction of sp³-hybridized carbons (Fsp3) is 0.545. The van der Waals surface area contributed by atoms with E-state index in [4.69, 9.17) is 9.15 Å². The first-order valence-corrected chi connectivity index (χ1v) is 11.8. The molecular formula is C22H27F3N2O6S. The molecule has 0 bridgehead atoms. The Balaban J connectivity index is 1.89. The van der Waals surface area contributed by atoms with E-state index in [9.17, 15) is 32.4 Å². The summed E-state index contributed by atoms with van der Waals surface area (Å²) in [4.78, 5) is 24.8. The molecule has 1 aromatic carbocycles. The number of carbonyl (C=O) groups is 2. The standard InChI is InChI=1S/C22H27F3N2O6S/c1-11-16(14-9-13(7-8-15(14)33-11)32-10-12-5-6-12)19(28)26-17(20(29)30)18(22(23,24)25)27-34(31)21(2,3)4/h7-9,12,17-18,27H,5-6,10H2,1-4H3,(H,26,28)(H,29,30)/t17-,18-,34?/m0/s1. The summed E-state index contributed by atoms with van der Waals surface area (Å²) in [6, 6.07) is -0.487. The number of halogens is 3. The van der Waals surface area contributed by atoms with Crippen LogP contribution < -0.4 is 14.8 Å². The van der Waals surface area contributed by atoms with Gasteiger partial charge >= 0.3 is 12.1 Å². The Labute approximate surface area is 197 Å². The summed E-state index contributed by atoms with van der Waals surface area (Å²) in [5.41, 5.74) is 0.198. The summed E-state index contributed by atoms with van der Waals surface area (Å²) in [7, 11) is 0. The molecule has 1 aliphatic carbocycles. The van der Waals surface area contributed by atoms with Gasteiger partial charge in [0.1, 0.15) is 21.8 Å². The lowest BCUT2D eigenvalue weighted by Gasteiger charge is -2.31. The zero-order valence-corrected chi connectivity index (χ0v) is 19.9. The van der Waals surface area contributed by atoms with Crippen LogP contribution in [-0.4, -0.2) is 51.1 Å². The van der Waals surface area contributed by atoms with Gasteiger partial charge in [-0.25, -0.2) is 4.79 Å². The highest BCUT2D eigenvalue weighted by Crippen LogP contribution is 2.33. The number of carboxylic acids is 1. The maximum atomic E-state index is 13.8. The van der Waals surface area contributed by atoms with Gasteiger partial charge in [0.25, 0.3) is 5.91 Å². The Morgan fingerprint density at radius 3 is 2.47 bits per heavy atom. The number of rotatable bonds is 9. The number of aryl methyl sites for hydroxylation is 1. The maximum absolute atomic E-state index is 13.8. The van der Waals surface area contributed by atoms with Crippen LogP contribution in [0, 0.1) is 12.8 Å². The van der Waals surface area contributed by atoms with E-state index >= 15 is 0 Å². The number of fused-ring (bicyclic) bond motifs is 1. The zero-order chi connectivity index (χ0) is 25.4. The van der Waals surface area contributed by atoms with Gasteiger partial charge in [-0.2, -0.15) is 13.2 Å². The van der Waals surface area contributed by atoms with E-state index in [0.29, 0.717) is 23.9 Å². The predicted octanol–water partition coefficient (Wildman–Crippen LogP) is 3.70. The minimum atomic E-state index is -5.12. The van der Waals surface area contributed by atoms with E-state index in [-0.39, 0.29) is 16.7 Å². The van der Waals surface area contributed by atoms with Crippen molar-refractivity contribution in [1.29, 1.82) is 0 Å². The number of furan rings is 1. The fourth-order valence-corrected chi connectivity index (χ4v) is 4.04. The fourth-order valence-electron chi connectivity index (χ4n) is 3.19. The molecule has 1 heterocycles. The van der Waals surface area contributed by atoms with Gasteiger partial charge in [0.05, 0.1) is 12.2 Å². The quantitative estimate of drug-likeness (QED) is 0.445. The second kappa shape index (κ2) is 9.67. The molecule has 0 spiro atoms. The summed E-state index contributed by atoms with van der Waals surface area (Å²) in [5, 5.41) is 11.7. The van der Waals surface area contributed by atoms with E-state index in [1.807, 2.05) is 10.0 Å². The van der Waals surface area contributed by atoms with Gasteiger partial charge in [-0.15, -0.1) is 4.72 Å². The smallest absolute Gasteiger partial charge is 0.410 e. The van der Waals surface area contributed by atoms with Gasteiger partial charge < -0.3 is 24.1 Å². The number of amides is 1. The molecule has 0 radical (unpaired) electrons. The number of ether oxygens (including phenoxy) is 1. The molecule has 1 aromatic heterocycles. The molecule has 1 unspecified atom stereocenters. The number of carboxylic acid groups (broad SMARTS) is 1. The molecule has 0 saturated heterocycles. The predicted molar refractivity (Wildman–Crippen MR) is 119 cm³/mol. The monoisotopic (exact) mass is 504 g/mol. The topological polar surface area (TPSA) is 124 Å². The third-order valence-corrected chi connectivity index (χ3v) is 6.85. The molecule has 2 aromatic rings. The van der Waals surface area contributed by atoms with Crippen molar-refractivity contribution in [3.8, 4) is 5.75 Å². The molecule has 3 rings (SSSR count). The van der Waals surface area contributed by atoms with Crippen LogP contribution in [0.15, 0.2) is 22.6 Å². The van der Waals surface area contributed by atoms with Crippen LogP contribution >= 0.6 is 0 Å². The Morgan fingerprint density at radius 2 is 1.94 bits per heavy atom. The van der Waals surface area contributed by atoms with Crippen molar-refractivity contribution in [3.05, 3.63) is 29.5 Å². The van der Waals surface area contributed by atoms with Crippen molar-refractivity contribution in [2.75, 3.05) is 6.61 Å². The summed E-state index contributed by atoms with van der Waals surface area (Å²) in [5.74, 6) is -1.97. The second-order valence-corrected chi connectivity index (χ2v) is 11.3. The Hall–Kier alpha value is -2.44. The molecule has 12 heteroatoms. The molecule has 188 valence electrons. The Bertz CT molecular complexity index is 1060. The first-order valence-electron chi connectivity index (χ1n) is 10.6. The number of aliphatic carboxylic acids is 1. The van der Waals surface area contributed by atoms with E-state index in [1.165, 1.54) is 33.8 Å². The van der Waals surface area contributed by atoms with Crippen LogP contribution in [0.25, 0.3) is 11.0 Å². The van der Waals surface area contributed by atoms with E-state index in [0.717, 1.165) is 12.8 Å². The van der Waals surface area contributed by atoms with Crippen molar-refractivity contribution >= 4 is 34.2 Å². The third-order valence-electron chi connectivity index (χ3n) is 5.27. The molecule has 1 fully saturated rings. The van der Waals surface area contributed by atoms with Crippen molar-refractivity contribution in [2.24, 2.45) is 5.92 Å². The lowest BCUT2D eigenvalue weighted by Crippen LogP contribution is -2.63. The van der Waals surface area contributed by atoms with Gasteiger partial charge in [0, 0.05) is 16.7 Å². The average molecular weight is 505 g/mol. The third kappa shape index (κ3) is 6.16. The highest BCUT2D eigenvalue weighted by molar-refractivity contribution is 7.90. The van der Waals surface area contributed by atoms with Crippen LogP contribution in [0.4, 0.5) is 13.2 Å². The number of carbonyl (C=O) groups excluding carboxylic acids is 1. The molecule has 1 aliphatic rings. The summed E-state index contributed by atoms with van der Waals surface area (Å²) in [6.07, 6.45) is -2.97. The number of hydrogen-bond donors (Lipinski definition) is 3. The molecule has 1 amide bonds. The van der Waals surface area contributed by atoms with Crippen molar-refractivity contribution < 1.29 is 41.6 Å². The molecule has 3 N–H and O–H groups in total. The Morgan fingerprint density at radius 1 is 1.29 bits per heavy atom. The minimum Gasteiger partial charge on any atom is -0.598 e. The maximum Gasteiger partial charge on any atom is 0.410 e. The molecule has 34 heavy (non-hydrogen) atoms. The van der Waals surface area contributed by atoms with Crippen LogP contribution in [0.3, 0.4) is 0 Å².